The molecule has 0 bridgehead atoms. The van der Waals surface area contributed by atoms with Gasteiger partial charge in [-0.3, -0.25) is 4.79 Å². The number of carbonyl (C=O) groups excluding carboxylic acids is 1. The first-order valence-corrected chi connectivity index (χ1v) is 7.85. The van der Waals surface area contributed by atoms with E-state index in [1.165, 1.54) is 0 Å². The van der Waals surface area contributed by atoms with Crippen molar-refractivity contribution in [1.82, 2.24) is 14.9 Å². The Morgan fingerprint density at radius 2 is 2.29 bits per heavy atom. The van der Waals surface area contributed by atoms with E-state index in [1.54, 1.807) is 41.6 Å². The van der Waals surface area contributed by atoms with E-state index in [0.29, 0.717) is 17.9 Å². The number of nitrogens with one attached hydrogen (secondary N) is 1. The lowest BCUT2D eigenvalue weighted by atomic mass is 10.2. The van der Waals surface area contributed by atoms with E-state index in [1.807, 2.05) is 12.3 Å². The summed E-state index contributed by atoms with van der Waals surface area (Å²) in [5, 5.41) is 6.19. The predicted molar refractivity (Wildman–Crippen MR) is 85.7 cm³/mol. The van der Waals surface area contributed by atoms with Gasteiger partial charge in [-0.1, -0.05) is 6.92 Å². The highest BCUT2D eigenvalue weighted by molar-refractivity contribution is 7.09. The summed E-state index contributed by atoms with van der Waals surface area (Å²) in [7, 11) is 1.79. The first-order chi connectivity index (χ1) is 10.1. The average molecular weight is 304 g/mol. The Morgan fingerprint density at radius 3 is 2.95 bits per heavy atom. The summed E-state index contributed by atoms with van der Waals surface area (Å²) in [4.78, 5) is 22.9. The second-order valence-corrected chi connectivity index (χ2v) is 5.91. The molecule has 2 aromatic rings. The van der Waals surface area contributed by atoms with Crippen LogP contribution in [-0.4, -0.2) is 34.4 Å². The number of anilines is 1. The summed E-state index contributed by atoms with van der Waals surface area (Å²) >= 11 is 1.59. The molecule has 5 nitrogen and oxygen atoms in total. The SMILES string of the molecule is CCCNc1ncccc1C(=O)N(C)Cc1csc(C)n1. The van der Waals surface area contributed by atoms with E-state index in [-0.39, 0.29) is 5.91 Å². The molecule has 0 atom stereocenters. The van der Waals surface area contributed by atoms with Crippen LogP contribution in [0.2, 0.25) is 0 Å². The number of hydrogen-bond acceptors (Lipinski definition) is 5. The number of thiazole rings is 1. The van der Waals surface area contributed by atoms with Gasteiger partial charge in [0.1, 0.15) is 5.82 Å². The number of hydrogen-bond donors (Lipinski definition) is 1. The Kier molecular flexibility index (Phi) is 5.27. The van der Waals surface area contributed by atoms with Crippen molar-refractivity contribution in [3.05, 3.63) is 40.0 Å². The van der Waals surface area contributed by atoms with Crippen LogP contribution in [0.4, 0.5) is 5.82 Å². The van der Waals surface area contributed by atoms with E-state index < -0.39 is 0 Å². The lowest BCUT2D eigenvalue weighted by Crippen LogP contribution is -2.27. The quantitative estimate of drug-likeness (QED) is 0.891. The Balaban J connectivity index is 2.11. The van der Waals surface area contributed by atoms with Gasteiger partial charge in [-0.05, 0) is 25.5 Å². The van der Waals surface area contributed by atoms with Crippen LogP contribution >= 0.6 is 11.3 Å². The van der Waals surface area contributed by atoms with Crippen LogP contribution in [0.25, 0.3) is 0 Å². The Labute approximate surface area is 129 Å². The largest absolute Gasteiger partial charge is 0.369 e. The van der Waals surface area contributed by atoms with Crippen molar-refractivity contribution < 1.29 is 4.79 Å². The van der Waals surface area contributed by atoms with Gasteiger partial charge in [0.05, 0.1) is 22.8 Å². The van der Waals surface area contributed by atoms with Crippen molar-refractivity contribution in [2.75, 3.05) is 18.9 Å². The number of amides is 1. The van der Waals surface area contributed by atoms with Gasteiger partial charge in [-0.25, -0.2) is 9.97 Å². The van der Waals surface area contributed by atoms with Gasteiger partial charge in [0.2, 0.25) is 0 Å². The van der Waals surface area contributed by atoms with Crippen LogP contribution in [0, 0.1) is 6.92 Å². The van der Waals surface area contributed by atoms with Crippen LogP contribution in [0.5, 0.6) is 0 Å². The fourth-order valence-electron chi connectivity index (χ4n) is 1.96. The van der Waals surface area contributed by atoms with Crippen molar-refractivity contribution in [3.63, 3.8) is 0 Å². The number of nitrogens with zero attached hydrogens (tertiary/aromatic N) is 3. The molecule has 2 aromatic heterocycles. The molecule has 0 aliphatic heterocycles. The first-order valence-electron chi connectivity index (χ1n) is 6.97. The zero-order valence-corrected chi connectivity index (χ0v) is 13.4. The second-order valence-electron chi connectivity index (χ2n) is 4.85. The zero-order valence-electron chi connectivity index (χ0n) is 12.6. The van der Waals surface area contributed by atoms with E-state index in [0.717, 1.165) is 23.7 Å². The molecule has 2 heterocycles. The standard InChI is InChI=1S/C15H20N4OS/c1-4-7-16-14-13(6-5-8-17-14)15(20)19(3)9-12-10-21-11(2)18-12/h5-6,8,10H,4,7,9H2,1-3H3,(H,16,17). The maximum absolute atomic E-state index is 12.6. The van der Waals surface area contributed by atoms with Crippen molar-refractivity contribution in [3.8, 4) is 0 Å². The summed E-state index contributed by atoms with van der Waals surface area (Å²) in [6.45, 7) is 5.34. The molecule has 0 saturated heterocycles. The Morgan fingerprint density at radius 1 is 1.48 bits per heavy atom. The zero-order chi connectivity index (χ0) is 15.2. The number of pyridine rings is 1. The molecule has 0 fully saturated rings. The van der Waals surface area contributed by atoms with Gasteiger partial charge in [0.15, 0.2) is 0 Å². The molecule has 21 heavy (non-hydrogen) atoms. The third-order valence-electron chi connectivity index (χ3n) is 2.99. The highest BCUT2D eigenvalue weighted by atomic mass is 32.1. The monoisotopic (exact) mass is 304 g/mol. The molecule has 1 N–H and O–H groups in total. The molecular formula is C15H20N4OS. The maximum Gasteiger partial charge on any atom is 0.257 e. The van der Waals surface area contributed by atoms with E-state index in [4.69, 9.17) is 0 Å². The fraction of sp³-hybridized carbons (Fsp3) is 0.400. The summed E-state index contributed by atoms with van der Waals surface area (Å²) in [5.74, 6) is 0.595. The molecule has 0 spiro atoms. The third kappa shape index (κ3) is 4.01. The van der Waals surface area contributed by atoms with Crippen molar-refractivity contribution in [2.24, 2.45) is 0 Å². The molecule has 1 amide bonds. The molecule has 0 aromatic carbocycles. The number of aryl methyl sites for hydroxylation is 1. The normalized spacial score (nSPS) is 10.4. The summed E-state index contributed by atoms with van der Waals surface area (Å²) in [6, 6.07) is 3.58. The van der Waals surface area contributed by atoms with Crippen LogP contribution in [0.3, 0.4) is 0 Å². The lowest BCUT2D eigenvalue weighted by molar-refractivity contribution is 0.0784. The topological polar surface area (TPSA) is 58.1 Å². The highest BCUT2D eigenvalue weighted by Gasteiger charge is 2.17. The van der Waals surface area contributed by atoms with E-state index >= 15 is 0 Å². The predicted octanol–water partition coefficient (Wildman–Crippen LogP) is 2.94. The smallest absolute Gasteiger partial charge is 0.257 e. The molecule has 0 saturated carbocycles. The number of rotatable bonds is 6. The molecule has 0 aliphatic rings. The molecule has 0 aliphatic carbocycles. The Bertz CT molecular complexity index is 611. The van der Waals surface area contributed by atoms with E-state index in [2.05, 4.69) is 22.2 Å². The minimum absolute atomic E-state index is 0.0487. The molecule has 0 radical (unpaired) electrons. The average Bonchev–Trinajstić information content (AvgIpc) is 2.89. The molecule has 0 unspecified atom stereocenters. The van der Waals surface area contributed by atoms with Gasteiger partial charge >= 0.3 is 0 Å². The second kappa shape index (κ2) is 7.17. The first kappa shape index (κ1) is 15.4. The lowest BCUT2D eigenvalue weighted by Gasteiger charge is -2.18. The van der Waals surface area contributed by atoms with Gasteiger partial charge in [-0.2, -0.15) is 0 Å². The van der Waals surface area contributed by atoms with Gasteiger partial charge in [0.25, 0.3) is 5.91 Å². The molecule has 2 rings (SSSR count). The maximum atomic E-state index is 12.6. The molecule has 112 valence electrons. The number of aromatic nitrogens is 2. The molecule has 6 heteroatoms. The Hall–Kier alpha value is -1.95. The van der Waals surface area contributed by atoms with Crippen LogP contribution in [0.1, 0.15) is 34.4 Å². The van der Waals surface area contributed by atoms with Crippen molar-refractivity contribution in [1.29, 1.82) is 0 Å². The van der Waals surface area contributed by atoms with Crippen molar-refractivity contribution in [2.45, 2.75) is 26.8 Å². The van der Waals surface area contributed by atoms with Gasteiger partial charge in [0, 0.05) is 25.2 Å². The highest BCUT2D eigenvalue weighted by Crippen LogP contribution is 2.16. The van der Waals surface area contributed by atoms with Crippen LogP contribution in [0.15, 0.2) is 23.7 Å². The van der Waals surface area contributed by atoms with E-state index in [9.17, 15) is 4.79 Å². The third-order valence-corrected chi connectivity index (χ3v) is 3.82. The van der Waals surface area contributed by atoms with Crippen LogP contribution < -0.4 is 5.32 Å². The summed E-state index contributed by atoms with van der Waals surface area (Å²) in [6.07, 6.45) is 2.68. The number of carbonyl (C=O) groups is 1. The minimum atomic E-state index is -0.0487. The molecular weight excluding hydrogens is 284 g/mol. The van der Waals surface area contributed by atoms with Crippen molar-refractivity contribution >= 4 is 23.1 Å². The van der Waals surface area contributed by atoms with Gasteiger partial charge in [-0.15, -0.1) is 11.3 Å². The summed E-state index contributed by atoms with van der Waals surface area (Å²) in [5.41, 5.74) is 1.51. The minimum Gasteiger partial charge on any atom is -0.369 e. The van der Waals surface area contributed by atoms with Crippen LogP contribution in [-0.2, 0) is 6.54 Å². The summed E-state index contributed by atoms with van der Waals surface area (Å²) < 4.78 is 0. The fourth-order valence-corrected chi connectivity index (χ4v) is 2.57. The van der Waals surface area contributed by atoms with Gasteiger partial charge < -0.3 is 10.2 Å².